The minimum atomic E-state index is -0.652. The molecule has 0 unspecified atom stereocenters. The molecule has 6 heteroatoms. The van der Waals surface area contributed by atoms with Gasteiger partial charge in [-0.15, -0.1) is 11.3 Å². The van der Waals surface area contributed by atoms with E-state index < -0.39 is 6.03 Å². The van der Waals surface area contributed by atoms with Gasteiger partial charge in [-0.05, 0) is 42.0 Å². The van der Waals surface area contributed by atoms with Crippen molar-refractivity contribution in [3.63, 3.8) is 0 Å². The summed E-state index contributed by atoms with van der Waals surface area (Å²) >= 11 is 3.90. The molecule has 2 amide bonds. The first-order chi connectivity index (χ1) is 6.52. The Hall–Kier alpha value is -0.630. The summed E-state index contributed by atoms with van der Waals surface area (Å²) in [5.41, 5.74) is 8.29. The van der Waals surface area contributed by atoms with Crippen LogP contribution < -0.4 is 11.2 Å². The fourth-order valence-electron chi connectivity index (χ4n) is 0.863. The number of carbonyl (C=O) groups is 1. The smallest absolute Gasteiger partial charge is 0.332 e. The van der Waals surface area contributed by atoms with Crippen LogP contribution in [0.1, 0.15) is 15.3 Å². The summed E-state index contributed by atoms with van der Waals surface area (Å²) in [6.07, 6.45) is 1.61. The summed E-state index contributed by atoms with van der Waals surface area (Å²) < 4.78 is 1.17. The molecule has 3 N–H and O–H groups in total. The van der Waals surface area contributed by atoms with E-state index in [1.807, 2.05) is 0 Å². The van der Waals surface area contributed by atoms with Crippen molar-refractivity contribution in [2.45, 2.75) is 13.8 Å². The first kappa shape index (κ1) is 11.4. The summed E-state index contributed by atoms with van der Waals surface area (Å²) in [6, 6.07) is -0.652. The van der Waals surface area contributed by atoms with Crippen molar-refractivity contribution in [3.8, 4) is 0 Å². The quantitative estimate of drug-likeness (QED) is 0.488. The third kappa shape index (κ3) is 2.68. The third-order valence-electron chi connectivity index (χ3n) is 1.69. The van der Waals surface area contributed by atoms with Crippen LogP contribution in [0, 0.1) is 17.4 Å². The lowest BCUT2D eigenvalue weighted by atomic mass is 10.3. The second-order valence-corrected chi connectivity index (χ2v) is 5.03. The Balaban J connectivity index is 2.82. The average Bonchev–Trinajstić information content (AvgIpc) is 2.33. The molecule has 0 aliphatic heterocycles. The van der Waals surface area contributed by atoms with Crippen LogP contribution in [0.15, 0.2) is 5.10 Å². The van der Waals surface area contributed by atoms with Gasteiger partial charge in [-0.1, -0.05) is 0 Å². The van der Waals surface area contributed by atoms with Gasteiger partial charge in [0.15, 0.2) is 0 Å². The summed E-state index contributed by atoms with van der Waals surface area (Å²) in [6.45, 7) is 4.12. The number of hydrogen-bond donors (Lipinski definition) is 2. The number of nitrogens with one attached hydrogen (secondary N) is 1. The lowest BCUT2D eigenvalue weighted by molar-refractivity contribution is 0.249. The van der Waals surface area contributed by atoms with E-state index in [1.54, 1.807) is 17.6 Å². The topological polar surface area (TPSA) is 67.5 Å². The van der Waals surface area contributed by atoms with Crippen molar-refractivity contribution < 1.29 is 4.79 Å². The van der Waals surface area contributed by atoms with E-state index in [1.165, 1.54) is 14.0 Å². The number of hydrazone groups is 1. The van der Waals surface area contributed by atoms with Crippen LogP contribution >= 0.6 is 33.9 Å². The number of thiophene rings is 1. The first-order valence-corrected chi connectivity index (χ1v) is 5.76. The number of urea groups is 1. The van der Waals surface area contributed by atoms with Crippen molar-refractivity contribution in [1.29, 1.82) is 0 Å². The number of carbonyl (C=O) groups excluding carboxylic acids is 1. The van der Waals surface area contributed by atoms with Crippen LogP contribution in [0.25, 0.3) is 0 Å². The highest BCUT2D eigenvalue weighted by Crippen LogP contribution is 2.27. The Kier molecular flexibility index (Phi) is 3.87. The van der Waals surface area contributed by atoms with Crippen molar-refractivity contribution in [2.75, 3.05) is 0 Å². The number of hydrogen-bond acceptors (Lipinski definition) is 3. The van der Waals surface area contributed by atoms with E-state index in [0.717, 1.165) is 4.88 Å². The number of primary amides is 1. The van der Waals surface area contributed by atoms with Crippen molar-refractivity contribution >= 4 is 46.2 Å². The van der Waals surface area contributed by atoms with E-state index in [9.17, 15) is 4.79 Å². The zero-order chi connectivity index (χ0) is 10.7. The predicted molar refractivity (Wildman–Crippen MR) is 66.8 cm³/mol. The largest absolute Gasteiger partial charge is 0.350 e. The van der Waals surface area contributed by atoms with Gasteiger partial charge in [0.2, 0.25) is 0 Å². The molecule has 0 spiro atoms. The molecule has 1 aromatic rings. The van der Waals surface area contributed by atoms with Crippen molar-refractivity contribution in [2.24, 2.45) is 10.8 Å². The van der Waals surface area contributed by atoms with Gasteiger partial charge in [0.05, 0.1) is 11.1 Å². The summed E-state index contributed by atoms with van der Waals surface area (Å²) in [5.74, 6) is 0. The maximum Gasteiger partial charge on any atom is 0.332 e. The van der Waals surface area contributed by atoms with Gasteiger partial charge in [-0.3, -0.25) is 0 Å². The third-order valence-corrected chi connectivity index (χ3v) is 4.59. The summed E-state index contributed by atoms with van der Waals surface area (Å²) in [7, 11) is 0. The number of amides is 2. The molecule has 0 radical (unpaired) electrons. The van der Waals surface area contributed by atoms with Crippen LogP contribution in [0.4, 0.5) is 4.79 Å². The molecule has 0 aliphatic rings. The lowest BCUT2D eigenvalue weighted by Gasteiger charge is -1.91. The highest BCUT2D eigenvalue weighted by molar-refractivity contribution is 14.1. The molecule has 76 valence electrons. The standard InChI is InChI=1S/C8H10IN3OS/c1-4-5(2)14-6(7(4)9)3-11-12-8(10)13/h3H,1-2H3,(H3,10,12,13)/b11-3+. The minimum Gasteiger partial charge on any atom is -0.350 e. The molecule has 0 fully saturated rings. The Bertz CT molecular complexity index is 386. The molecule has 4 nitrogen and oxygen atoms in total. The Morgan fingerprint density at radius 2 is 2.29 bits per heavy atom. The number of rotatable bonds is 2. The molecular weight excluding hydrogens is 313 g/mol. The van der Waals surface area contributed by atoms with E-state index in [-0.39, 0.29) is 0 Å². The highest BCUT2D eigenvalue weighted by Gasteiger charge is 2.07. The average molecular weight is 323 g/mol. The molecule has 1 rings (SSSR count). The Morgan fingerprint density at radius 1 is 1.64 bits per heavy atom. The lowest BCUT2D eigenvalue weighted by Crippen LogP contribution is -2.24. The molecule has 0 aliphatic carbocycles. The normalized spacial score (nSPS) is 10.8. The van der Waals surface area contributed by atoms with Gasteiger partial charge in [-0.25, -0.2) is 10.2 Å². The van der Waals surface area contributed by atoms with Crippen LogP contribution in [-0.2, 0) is 0 Å². The van der Waals surface area contributed by atoms with Gasteiger partial charge in [0.25, 0.3) is 0 Å². The zero-order valence-corrected chi connectivity index (χ0v) is 10.8. The van der Waals surface area contributed by atoms with E-state index in [0.29, 0.717) is 0 Å². The van der Waals surface area contributed by atoms with E-state index >= 15 is 0 Å². The molecule has 14 heavy (non-hydrogen) atoms. The molecule has 0 saturated carbocycles. The monoisotopic (exact) mass is 323 g/mol. The van der Waals surface area contributed by atoms with Crippen molar-refractivity contribution in [3.05, 3.63) is 18.9 Å². The second kappa shape index (κ2) is 4.74. The summed E-state index contributed by atoms with van der Waals surface area (Å²) in [4.78, 5) is 12.6. The van der Waals surface area contributed by atoms with E-state index in [2.05, 4.69) is 47.0 Å². The van der Waals surface area contributed by atoms with Gasteiger partial charge in [0, 0.05) is 8.45 Å². The minimum absolute atomic E-state index is 0.652. The van der Waals surface area contributed by atoms with Crippen molar-refractivity contribution in [1.82, 2.24) is 5.43 Å². The van der Waals surface area contributed by atoms with Crippen LogP contribution in [0.2, 0.25) is 0 Å². The molecule has 0 aromatic carbocycles. The van der Waals surface area contributed by atoms with Crippen LogP contribution in [0.3, 0.4) is 0 Å². The predicted octanol–water partition coefficient (Wildman–Crippen LogP) is 1.97. The first-order valence-electron chi connectivity index (χ1n) is 3.86. The Labute approximate surface area is 99.7 Å². The van der Waals surface area contributed by atoms with Gasteiger partial charge < -0.3 is 5.73 Å². The molecule has 1 heterocycles. The molecule has 0 bridgehead atoms. The Morgan fingerprint density at radius 3 is 2.71 bits per heavy atom. The molecule has 1 aromatic heterocycles. The number of nitrogens with two attached hydrogens (primary N) is 1. The van der Waals surface area contributed by atoms with Gasteiger partial charge >= 0.3 is 6.03 Å². The summed E-state index contributed by atoms with van der Waals surface area (Å²) in [5, 5.41) is 3.71. The van der Waals surface area contributed by atoms with Gasteiger partial charge in [0.1, 0.15) is 0 Å². The highest BCUT2D eigenvalue weighted by atomic mass is 127. The second-order valence-electron chi connectivity index (χ2n) is 2.70. The molecular formula is C8H10IN3OS. The van der Waals surface area contributed by atoms with E-state index in [4.69, 9.17) is 5.73 Å². The van der Waals surface area contributed by atoms with Crippen LogP contribution in [-0.4, -0.2) is 12.2 Å². The zero-order valence-electron chi connectivity index (χ0n) is 7.80. The van der Waals surface area contributed by atoms with Gasteiger partial charge in [-0.2, -0.15) is 5.10 Å². The SMILES string of the molecule is Cc1sc(/C=N/NC(N)=O)c(I)c1C. The number of aryl methyl sites for hydroxylation is 1. The number of halogens is 1. The maximum absolute atomic E-state index is 10.3. The number of nitrogens with zero attached hydrogens (tertiary/aromatic N) is 1. The fourth-order valence-corrected chi connectivity index (χ4v) is 2.85. The van der Waals surface area contributed by atoms with Crippen LogP contribution in [0.5, 0.6) is 0 Å². The molecule has 0 saturated heterocycles. The maximum atomic E-state index is 10.3. The fraction of sp³-hybridized carbons (Fsp3) is 0.250. The molecule has 0 atom stereocenters.